The smallest absolute Gasteiger partial charge is 0.254 e. The van der Waals surface area contributed by atoms with Gasteiger partial charge in [-0.15, -0.1) is 0 Å². The first-order chi connectivity index (χ1) is 18.4. The summed E-state index contributed by atoms with van der Waals surface area (Å²) in [5, 5.41) is 4.09. The number of anilines is 1. The van der Waals surface area contributed by atoms with Gasteiger partial charge in [-0.05, 0) is 72.2 Å². The maximum absolute atomic E-state index is 12.9. The summed E-state index contributed by atoms with van der Waals surface area (Å²) in [7, 11) is 0. The second-order valence-corrected chi connectivity index (χ2v) is 9.56. The van der Waals surface area contributed by atoms with E-state index in [2.05, 4.69) is 10.3 Å². The number of hydrogen-bond donors (Lipinski definition) is 2. The van der Waals surface area contributed by atoms with Crippen molar-refractivity contribution in [2.24, 2.45) is 0 Å². The van der Waals surface area contributed by atoms with Crippen LogP contribution in [0.1, 0.15) is 28.6 Å². The van der Waals surface area contributed by atoms with E-state index in [4.69, 9.17) is 26.5 Å². The van der Waals surface area contributed by atoms with Crippen molar-refractivity contribution in [1.29, 1.82) is 0 Å². The molecule has 5 rings (SSSR count). The molecular weight excluding hydrogens is 504 g/mol. The summed E-state index contributed by atoms with van der Waals surface area (Å²) in [6.07, 6.45) is 4.67. The Hall–Kier alpha value is -4.14. The van der Waals surface area contributed by atoms with Crippen LogP contribution in [-0.2, 0) is 16.1 Å². The Balaban J connectivity index is 1.26. The summed E-state index contributed by atoms with van der Waals surface area (Å²) in [4.78, 5) is 31.0. The van der Waals surface area contributed by atoms with E-state index in [1.54, 1.807) is 24.4 Å². The van der Waals surface area contributed by atoms with Gasteiger partial charge in [0.25, 0.3) is 5.91 Å². The minimum atomic E-state index is -0.268. The lowest BCUT2D eigenvalue weighted by Gasteiger charge is -2.33. The van der Waals surface area contributed by atoms with Gasteiger partial charge in [0.05, 0.1) is 30.8 Å². The zero-order valence-corrected chi connectivity index (χ0v) is 21.6. The van der Waals surface area contributed by atoms with Crippen LogP contribution in [0.5, 0.6) is 0 Å². The number of amides is 2. The number of nitrogen functional groups attached to an aromatic ring is 1. The van der Waals surface area contributed by atoms with E-state index in [0.29, 0.717) is 47.5 Å². The van der Waals surface area contributed by atoms with Crippen molar-refractivity contribution in [1.82, 2.24) is 15.2 Å². The molecule has 9 heteroatoms. The molecule has 1 atom stereocenters. The average Bonchev–Trinajstić information content (AvgIpc) is 3.35. The van der Waals surface area contributed by atoms with Crippen molar-refractivity contribution < 1.29 is 18.7 Å². The summed E-state index contributed by atoms with van der Waals surface area (Å²) in [5.41, 5.74) is 9.36. The van der Waals surface area contributed by atoms with Gasteiger partial charge in [0, 0.05) is 29.8 Å². The predicted molar refractivity (Wildman–Crippen MR) is 148 cm³/mol. The standard InChI is InChI=1S/C29H27ClN4O4/c1-18-17-37-11-10-34(18)29(36)21-6-4-20(5-7-21)22-12-23-13-24(38-28(23)25(30)14-22)16-33-27(35)9-3-19-2-8-26(31)32-15-19/h2-9,12-15,18H,10-11,16-17H2,1H3,(H2,31,32)(H,33,35)/t18-/m1/s1. The number of fused-ring (bicyclic) bond motifs is 1. The summed E-state index contributed by atoms with van der Waals surface area (Å²) >= 11 is 6.54. The normalized spacial score (nSPS) is 15.7. The fourth-order valence-corrected chi connectivity index (χ4v) is 4.60. The highest BCUT2D eigenvalue weighted by Crippen LogP contribution is 2.33. The molecular formula is C29H27ClN4O4. The number of hydrogen-bond acceptors (Lipinski definition) is 6. The molecule has 3 N–H and O–H groups in total. The van der Waals surface area contributed by atoms with Crippen molar-refractivity contribution in [3.8, 4) is 11.1 Å². The van der Waals surface area contributed by atoms with Gasteiger partial charge < -0.3 is 25.1 Å². The van der Waals surface area contributed by atoms with Gasteiger partial charge in [-0.1, -0.05) is 23.7 Å². The molecule has 1 aliphatic heterocycles. The van der Waals surface area contributed by atoms with Gasteiger partial charge in [-0.3, -0.25) is 9.59 Å². The first-order valence-electron chi connectivity index (χ1n) is 12.3. The number of pyridine rings is 1. The van der Waals surface area contributed by atoms with Crippen molar-refractivity contribution in [3.05, 3.63) is 88.8 Å². The molecule has 194 valence electrons. The monoisotopic (exact) mass is 530 g/mol. The first kappa shape index (κ1) is 25.5. The third-order valence-corrected chi connectivity index (χ3v) is 6.67. The number of morpholine rings is 1. The maximum Gasteiger partial charge on any atom is 0.254 e. The molecule has 1 saturated heterocycles. The number of carbonyl (C=O) groups excluding carboxylic acids is 2. The van der Waals surface area contributed by atoms with Crippen molar-refractivity contribution >= 4 is 46.3 Å². The van der Waals surface area contributed by atoms with Gasteiger partial charge in [-0.2, -0.15) is 0 Å². The molecule has 0 saturated carbocycles. The minimum absolute atomic E-state index is 0.00216. The molecule has 1 aliphatic rings. The van der Waals surface area contributed by atoms with Gasteiger partial charge in [-0.25, -0.2) is 4.98 Å². The summed E-state index contributed by atoms with van der Waals surface area (Å²) < 4.78 is 11.3. The second-order valence-electron chi connectivity index (χ2n) is 9.16. The zero-order chi connectivity index (χ0) is 26.6. The predicted octanol–water partition coefficient (Wildman–Crippen LogP) is 4.92. The zero-order valence-electron chi connectivity index (χ0n) is 20.8. The fourth-order valence-electron chi connectivity index (χ4n) is 4.34. The van der Waals surface area contributed by atoms with E-state index in [1.807, 2.05) is 54.3 Å². The number of benzene rings is 2. The average molecular weight is 531 g/mol. The summed E-state index contributed by atoms with van der Waals surface area (Å²) in [5.74, 6) is 0.733. The van der Waals surface area contributed by atoms with E-state index in [-0.39, 0.29) is 24.4 Å². The Morgan fingerprint density at radius 2 is 1.97 bits per heavy atom. The third-order valence-electron chi connectivity index (χ3n) is 6.39. The number of ether oxygens (including phenoxy) is 1. The molecule has 0 aliphatic carbocycles. The SMILES string of the molecule is C[C@@H]1COCCN1C(=O)c1ccc(-c2cc(Cl)c3oc(CNC(=O)C=Cc4ccc(N)nc4)cc3c2)cc1. The minimum Gasteiger partial charge on any atom is -0.458 e. The molecule has 4 aromatic rings. The van der Waals surface area contributed by atoms with Gasteiger partial charge in [0.15, 0.2) is 5.58 Å². The lowest BCUT2D eigenvalue weighted by atomic mass is 10.0. The molecule has 2 aromatic carbocycles. The highest BCUT2D eigenvalue weighted by Gasteiger charge is 2.24. The molecule has 3 heterocycles. The molecule has 2 aromatic heterocycles. The van der Waals surface area contributed by atoms with Crippen LogP contribution in [0.25, 0.3) is 28.2 Å². The number of rotatable bonds is 6. The van der Waals surface area contributed by atoms with Crippen molar-refractivity contribution in [2.45, 2.75) is 19.5 Å². The number of halogens is 1. The van der Waals surface area contributed by atoms with E-state index >= 15 is 0 Å². The van der Waals surface area contributed by atoms with Crippen LogP contribution in [0.3, 0.4) is 0 Å². The van der Waals surface area contributed by atoms with Crippen molar-refractivity contribution in [3.63, 3.8) is 0 Å². The van der Waals surface area contributed by atoms with Crippen LogP contribution in [0, 0.1) is 0 Å². The van der Waals surface area contributed by atoms with E-state index in [0.717, 1.165) is 22.1 Å². The number of aromatic nitrogens is 1. The molecule has 1 fully saturated rings. The van der Waals surface area contributed by atoms with E-state index in [9.17, 15) is 9.59 Å². The number of nitrogens with two attached hydrogens (primary N) is 1. The summed E-state index contributed by atoms with van der Waals surface area (Å²) in [6.45, 7) is 3.90. The highest BCUT2D eigenvalue weighted by atomic mass is 35.5. The molecule has 38 heavy (non-hydrogen) atoms. The maximum atomic E-state index is 12.9. The lowest BCUT2D eigenvalue weighted by Crippen LogP contribution is -2.47. The number of furan rings is 1. The largest absolute Gasteiger partial charge is 0.458 e. The third kappa shape index (κ3) is 5.72. The summed E-state index contributed by atoms with van der Waals surface area (Å²) in [6, 6.07) is 16.7. The quantitative estimate of drug-likeness (QED) is 0.342. The Kier molecular flexibility index (Phi) is 7.44. The Morgan fingerprint density at radius 3 is 2.71 bits per heavy atom. The van der Waals surface area contributed by atoms with Crippen molar-refractivity contribution in [2.75, 3.05) is 25.5 Å². The number of nitrogens with one attached hydrogen (secondary N) is 1. The second kappa shape index (κ2) is 11.1. The molecule has 0 bridgehead atoms. The van der Waals surface area contributed by atoms with Gasteiger partial charge >= 0.3 is 0 Å². The molecule has 0 spiro atoms. The number of nitrogens with zero attached hydrogens (tertiary/aromatic N) is 2. The fraction of sp³-hybridized carbons (Fsp3) is 0.207. The van der Waals surface area contributed by atoms with Gasteiger partial charge in [0.2, 0.25) is 5.91 Å². The Labute approximate surface area is 225 Å². The van der Waals surface area contributed by atoms with E-state index < -0.39 is 0 Å². The van der Waals surface area contributed by atoms with Gasteiger partial charge in [0.1, 0.15) is 11.6 Å². The Morgan fingerprint density at radius 1 is 1.16 bits per heavy atom. The Bertz CT molecular complexity index is 1500. The molecule has 2 amide bonds. The van der Waals surface area contributed by atoms with Crippen LogP contribution in [-0.4, -0.2) is 47.5 Å². The molecule has 0 unspecified atom stereocenters. The van der Waals surface area contributed by atoms with Crippen LogP contribution in [0.15, 0.2) is 71.3 Å². The topological polar surface area (TPSA) is 111 Å². The van der Waals surface area contributed by atoms with Crippen LogP contribution >= 0.6 is 11.6 Å². The molecule has 0 radical (unpaired) electrons. The molecule has 8 nitrogen and oxygen atoms in total. The van der Waals surface area contributed by atoms with E-state index in [1.165, 1.54) is 6.08 Å². The lowest BCUT2D eigenvalue weighted by molar-refractivity contribution is -0.116. The van der Waals surface area contributed by atoms with Crippen LogP contribution < -0.4 is 11.1 Å². The van der Waals surface area contributed by atoms with Crippen LogP contribution in [0.4, 0.5) is 5.82 Å². The van der Waals surface area contributed by atoms with Crippen LogP contribution in [0.2, 0.25) is 5.02 Å². The number of carbonyl (C=O) groups is 2. The first-order valence-corrected chi connectivity index (χ1v) is 12.6. The highest BCUT2D eigenvalue weighted by molar-refractivity contribution is 6.35.